The Labute approximate surface area is 285 Å². The smallest absolute Gasteiger partial charge is 0.164 e. The number of hydrogen-bond donors (Lipinski definition) is 0. The highest BCUT2D eigenvalue weighted by Gasteiger charge is 2.37. The SMILES string of the molecule is CC1(C)c2cc(-c3nc(-c4ccc(-c5cccnc5)cc4)nc(-c4cccc(-c5ccccc5)c4)n3)ccc2-c2ccc3ccccc3c21. The summed E-state index contributed by atoms with van der Waals surface area (Å²) in [6.07, 6.45) is 3.67. The van der Waals surface area contributed by atoms with E-state index in [4.69, 9.17) is 15.0 Å². The Morgan fingerprint density at radius 3 is 1.80 bits per heavy atom. The van der Waals surface area contributed by atoms with Gasteiger partial charge in [0, 0.05) is 34.5 Å². The Morgan fingerprint density at radius 2 is 1.02 bits per heavy atom. The van der Waals surface area contributed by atoms with Crippen LogP contribution < -0.4 is 0 Å². The van der Waals surface area contributed by atoms with Gasteiger partial charge in [0.05, 0.1) is 0 Å². The summed E-state index contributed by atoms with van der Waals surface area (Å²) < 4.78 is 0. The molecule has 0 unspecified atom stereocenters. The van der Waals surface area contributed by atoms with Crippen LogP contribution in [0.2, 0.25) is 0 Å². The second-order valence-corrected chi connectivity index (χ2v) is 13.2. The molecule has 0 fully saturated rings. The molecule has 232 valence electrons. The summed E-state index contributed by atoms with van der Waals surface area (Å²) in [7, 11) is 0. The number of benzene rings is 6. The highest BCUT2D eigenvalue weighted by Crippen LogP contribution is 2.52. The molecule has 2 aromatic heterocycles. The summed E-state index contributed by atoms with van der Waals surface area (Å²) >= 11 is 0. The fraction of sp³-hybridized carbons (Fsp3) is 0.0667. The molecule has 6 aromatic carbocycles. The van der Waals surface area contributed by atoms with Gasteiger partial charge in [-0.1, -0.05) is 141 Å². The Balaban J connectivity index is 1.19. The molecule has 0 atom stereocenters. The van der Waals surface area contributed by atoms with E-state index in [1.807, 2.05) is 18.3 Å². The van der Waals surface area contributed by atoms with Crippen molar-refractivity contribution in [2.45, 2.75) is 19.3 Å². The zero-order chi connectivity index (χ0) is 33.0. The molecule has 1 aliphatic carbocycles. The zero-order valence-corrected chi connectivity index (χ0v) is 27.3. The molecule has 0 saturated carbocycles. The first-order chi connectivity index (χ1) is 24.0. The first-order valence-electron chi connectivity index (χ1n) is 16.6. The monoisotopic (exact) mass is 628 g/mol. The molecule has 0 spiro atoms. The Morgan fingerprint density at radius 1 is 0.429 bits per heavy atom. The Kier molecular flexibility index (Phi) is 6.77. The molecule has 49 heavy (non-hydrogen) atoms. The lowest BCUT2D eigenvalue weighted by atomic mass is 9.80. The molecule has 0 aliphatic heterocycles. The van der Waals surface area contributed by atoms with Gasteiger partial charge in [-0.25, -0.2) is 15.0 Å². The molecule has 0 N–H and O–H groups in total. The second kappa shape index (κ2) is 11.5. The largest absolute Gasteiger partial charge is 0.264 e. The number of aromatic nitrogens is 4. The van der Waals surface area contributed by atoms with Gasteiger partial charge in [0.2, 0.25) is 0 Å². The van der Waals surface area contributed by atoms with Gasteiger partial charge in [-0.2, -0.15) is 0 Å². The van der Waals surface area contributed by atoms with E-state index in [1.165, 1.54) is 33.0 Å². The van der Waals surface area contributed by atoms with E-state index in [-0.39, 0.29) is 5.41 Å². The Bertz CT molecular complexity index is 2500. The van der Waals surface area contributed by atoms with Crippen molar-refractivity contribution in [2.24, 2.45) is 0 Å². The number of fused-ring (bicyclic) bond motifs is 5. The summed E-state index contributed by atoms with van der Waals surface area (Å²) in [5, 5.41) is 2.57. The third-order valence-electron chi connectivity index (χ3n) is 9.80. The number of hydrogen-bond acceptors (Lipinski definition) is 4. The van der Waals surface area contributed by atoms with Crippen molar-refractivity contribution < 1.29 is 0 Å². The van der Waals surface area contributed by atoms with Crippen LogP contribution in [-0.2, 0) is 5.41 Å². The highest BCUT2D eigenvalue weighted by molar-refractivity contribution is 5.97. The maximum Gasteiger partial charge on any atom is 0.164 e. The Hall–Kier alpha value is -6.26. The van der Waals surface area contributed by atoms with E-state index in [9.17, 15) is 0 Å². The second-order valence-electron chi connectivity index (χ2n) is 13.2. The van der Waals surface area contributed by atoms with E-state index in [0.717, 1.165) is 38.9 Å². The molecule has 0 radical (unpaired) electrons. The molecular formula is C45H32N4. The maximum atomic E-state index is 5.14. The molecular weight excluding hydrogens is 597 g/mol. The van der Waals surface area contributed by atoms with Gasteiger partial charge in [-0.05, 0) is 73.5 Å². The van der Waals surface area contributed by atoms with E-state index in [0.29, 0.717) is 17.5 Å². The van der Waals surface area contributed by atoms with Crippen molar-refractivity contribution in [3.8, 4) is 67.5 Å². The van der Waals surface area contributed by atoms with Gasteiger partial charge in [0.1, 0.15) is 0 Å². The van der Waals surface area contributed by atoms with Crippen LogP contribution in [0.3, 0.4) is 0 Å². The van der Waals surface area contributed by atoms with E-state index in [1.54, 1.807) is 6.20 Å². The van der Waals surface area contributed by atoms with Crippen LogP contribution in [0.25, 0.3) is 78.3 Å². The van der Waals surface area contributed by atoms with Gasteiger partial charge < -0.3 is 0 Å². The fourth-order valence-electron chi connectivity index (χ4n) is 7.32. The molecule has 2 heterocycles. The normalized spacial score (nSPS) is 12.9. The van der Waals surface area contributed by atoms with Crippen LogP contribution in [0.5, 0.6) is 0 Å². The van der Waals surface area contributed by atoms with Gasteiger partial charge >= 0.3 is 0 Å². The topological polar surface area (TPSA) is 51.6 Å². The zero-order valence-electron chi connectivity index (χ0n) is 27.3. The van der Waals surface area contributed by atoms with Crippen LogP contribution in [-0.4, -0.2) is 19.9 Å². The minimum absolute atomic E-state index is 0.188. The van der Waals surface area contributed by atoms with Gasteiger partial charge in [0.25, 0.3) is 0 Å². The molecule has 8 aromatic rings. The molecule has 9 rings (SSSR count). The number of rotatable bonds is 5. The fourth-order valence-corrected chi connectivity index (χ4v) is 7.32. The van der Waals surface area contributed by atoms with Crippen molar-refractivity contribution in [2.75, 3.05) is 0 Å². The summed E-state index contributed by atoms with van der Waals surface area (Å²) in [5.74, 6) is 1.93. The molecule has 0 amide bonds. The highest BCUT2D eigenvalue weighted by atomic mass is 15.0. The van der Waals surface area contributed by atoms with Gasteiger partial charge in [-0.3, -0.25) is 4.98 Å². The van der Waals surface area contributed by atoms with Crippen molar-refractivity contribution in [1.82, 2.24) is 19.9 Å². The van der Waals surface area contributed by atoms with Crippen LogP contribution in [0.4, 0.5) is 0 Å². The summed E-state index contributed by atoms with van der Waals surface area (Å²) in [4.78, 5) is 19.6. The predicted octanol–water partition coefficient (Wildman–Crippen LogP) is 11.1. The first-order valence-corrected chi connectivity index (χ1v) is 16.6. The van der Waals surface area contributed by atoms with Crippen molar-refractivity contribution >= 4 is 10.8 Å². The maximum absolute atomic E-state index is 5.14. The van der Waals surface area contributed by atoms with Gasteiger partial charge in [-0.15, -0.1) is 0 Å². The van der Waals surface area contributed by atoms with Crippen molar-refractivity contribution in [1.29, 1.82) is 0 Å². The molecule has 0 bridgehead atoms. The van der Waals surface area contributed by atoms with E-state index >= 15 is 0 Å². The lowest BCUT2D eigenvalue weighted by Gasteiger charge is -2.23. The lowest BCUT2D eigenvalue weighted by molar-refractivity contribution is 0.666. The third-order valence-corrected chi connectivity index (χ3v) is 9.80. The molecule has 4 nitrogen and oxygen atoms in total. The quantitative estimate of drug-likeness (QED) is 0.190. The lowest BCUT2D eigenvalue weighted by Crippen LogP contribution is -2.15. The van der Waals surface area contributed by atoms with Crippen LogP contribution >= 0.6 is 0 Å². The number of nitrogens with zero attached hydrogens (tertiary/aromatic N) is 4. The third kappa shape index (κ3) is 5.01. The summed E-state index contributed by atoms with van der Waals surface area (Å²) in [6.45, 7) is 4.66. The predicted molar refractivity (Wildman–Crippen MR) is 200 cm³/mol. The molecule has 1 aliphatic rings. The van der Waals surface area contributed by atoms with Crippen LogP contribution in [0, 0.1) is 0 Å². The van der Waals surface area contributed by atoms with E-state index < -0.39 is 0 Å². The number of pyridine rings is 1. The van der Waals surface area contributed by atoms with E-state index in [2.05, 4.69) is 152 Å². The first kappa shape index (κ1) is 28.9. The van der Waals surface area contributed by atoms with Gasteiger partial charge in [0.15, 0.2) is 17.5 Å². The summed E-state index contributed by atoms with van der Waals surface area (Å²) in [5.41, 5.74) is 12.3. The van der Waals surface area contributed by atoms with Crippen molar-refractivity contribution in [3.63, 3.8) is 0 Å². The average molecular weight is 629 g/mol. The van der Waals surface area contributed by atoms with Crippen LogP contribution in [0.15, 0.2) is 158 Å². The average Bonchev–Trinajstić information content (AvgIpc) is 3.41. The van der Waals surface area contributed by atoms with Crippen molar-refractivity contribution in [3.05, 3.63) is 169 Å². The molecule has 4 heteroatoms. The standard InChI is InChI=1S/C45H32N4/c1-45(2)40-27-35(22-23-38(40)39-24-21-31-12-6-7-16-37(31)41(39)45)44-48-42(32-19-17-30(18-20-32)36-15-9-25-46-28-36)47-43(49-44)34-14-8-13-33(26-34)29-10-4-3-5-11-29/h3-28H,1-2H3. The summed E-state index contributed by atoms with van der Waals surface area (Å²) in [6, 6.07) is 51.1. The molecule has 0 saturated heterocycles. The minimum Gasteiger partial charge on any atom is -0.264 e. The van der Waals surface area contributed by atoms with Crippen LogP contribution in [0.1, 0.15) is 25.0 Å². The minimum atomic E-state index is -0.188.